The van der Waals surface area contributed by atoms with Gasteiger partial charge in [-0.1, -0.05) is 64.7 Å². The Morgan fingerprint density at radius 1 is 0.750 bits per heavy atom. The van der Waals surface area contributed by atoms with Crippen LogP contribution in [0.5, 0.6) is 0 Å². The molecule has 0 radical (unpaired) electrons. The standard InChI is InChI=1S/C20H38N4/c1-4-5-6-7-8-9-10-11-12-13-18(19-21-14-16-23(19)2)20-22-15-17-24(20)3/h18H,4-17H2,1-3H3. The second-order valence-corrected chi connectivity index (χ2v) is 7.49. The van der Waals surface area contributed by atoms with Gasteiger partial charge in [0.1, 0.15) is 11.7 Å². The van der Waals surface area contributed by atoms with E-state index in [9.17, 15) is 0 Å². The number of hydrogen-bond donors (Lipinski definition) is 0. The minimum absolute atomic E-state index is 0.426. The van der Waals surface area contributed by atoms with E-state index in [0.29, 0.717) is 5.92 Å². The van der Waals surface area contributed by atoms with Gasteiger partial charge in [0.2, 0.25) is 0 Å². The molecule has 0 aromatic rings. The largest absolute Gasteiger partial charge is 0.361 e. The minimum atomic E-state index is 0.426. The monoisotopic (exact) mass is 334 g/mol. The molecule has 4 heteroatoms. The average Bonchev–Trinajstić information content (AvgIpc) is 3.18. The summed E-state index contributed by atoms with van der Waals surface area (Å²) in [6.07, 6.45) is 13.7. The summed E-state index contributed by atoms with van der Waals surface area (Å²) in [4.78, 5) is 14.3. The van der Waals surface area contributed by atoms with Crippen LogP contribution >= 0.6 is 0 Å². The molecular weight excluding hydrogens is 296 g/mol. The first-order chi connectivity index (χ1) is 11.7. The molecule has 0 saturated carbocycles. The fraction of sp³-hybridized carbons (Fsp3) is 0.900. The summed E-state index contributed by atoms with van der Waals surface area (Å²) < 4.78 is 0. The Morgan fingerprint density at radius 3 is 1.62 bits per heavy atom. The van der Waals surface area contributed by atoms with Gasteiger partial charge in [0.15, 0.2) is 0 Å². The Morgan fingerprint density at radius 2 is 1.21 bits per heavy atom. The van der Waals surface area contributed by atoms with Gasteiger partial charge in [-0.25, -0.2) is 0 Å². The van der Waals surface area contributed by atoms with Gasteiger partial charge in [-0.3, -0.25) is 9.98 Å². The van der Waals surface area contributed by atoms with Gasteiger partial charge in [0, 0.05) is 27.2 Å². The highest BCUT2D eigenvalue weighted by Gasteiger charge is 2.30. The number of nitrogens with zero attached hydrogens (tertiary/aromatic N) is 4. The lowest BCUT2D eigenvalue weighted by Gasteiger charge is -2.27. The van der Waals surface area contributed by atoms with Crippen LogP contribution in [0.4, 0.5) is 0 Å². The van der Waals surface area contributed by atoms with Crippen molar-refractivity contribution >= 4 is 11.7 Å². The van der Waals surface area contributed by atoms with Gasteiger partial charge in [-0.15, -0.1) is 0 Å². The van der Waals surface area contributed by atoms with Crippen LogP contribution in [0.1, 0.15) is 71.1 Å². The summed E-state index contributed by atoms with van der Waals surface area (Å²) in [6, 6.07) is 0. The van der Waals surface area contributed by atoms with Crippen LogP contribution < -0.4 is 0 Å². The smallest absolute Gasteiger partial charge is 0.109 e. The van der Waals surface area contributed by atoms with E-state index in [1.807, 2.05) is 0 Å². The molecule has 0 N–H and O–H groups in total. The number of unbranched alkanes of at least 4 members (excludes halogenated alkanes) is 8. The molecule has 0 atom stereocenters. The van der Waals surface area contributed by atoms with Crippen LogP contribution in [-0.2, 0) is 0 Å². The van der Waals surface area contributed by atoms with Gasteiger partial charge in [-0.05, 0) is 6.42 Å². The molecule has 0 aromatic heterocycles. The van der Waals surface area contributed by atoms with Crippen molar-refractivity contribution in [1.82, 2.24) is 9.80 Å². The second-order valence-electron chi connectivity index (χ2n) is 7.49. The molecule has 2 aliphatic rings. The van der Waals surface area contributed by atoms with Crippen LogP contribution in [0.25, 0.3) is 0 Å². The first-order valence-corrected chi connectivity index (χ1v) is 10.2. The number of likely N-dealkylation sites (N-methyl/N-ethyl adjacent to an activating group) is 2. The molecule has 0 amide bonds. The maximum Gasteiger partial charge on any atom is 0.109 e. The molecule has 2 aliphatic heterocycles. The maximum atomic E-state index is 4.79. The second kappa shape index (κ2) is 10.7. The number of hydrogen-bond acceptors (Lipinski definition) is 4. The van der Waals surface area contributed by atoms with E-state index in [1.54, 1.807) is 0 Å². The number of aliphatic imine (C=N–C) groups is 2. The molecule has 0 bridgehead atoms. The summed E-state index contributed by atoms with van der Waals surface area (Å²) in [5.41, 5.74) is 0. The van der Waals surface area contributed by atoms with Crippen molar-refractivity contribution in [2.45, 2.75) is 71.1 Å². The van der Waals surface area contributed by atoms with Gasteiger partial charge in [0.05, 0.1) is 19.0 Å². The van der Waals surface area contributed by atoms with E-state index in [1.165, 1.54) is 75.9 Å². The van der Waals surface area contributed by atoms with E-state index in [-0.39, 0.29) is 0 Å². The maximum absolute atomic E-state index is 4.79. The van der Waals surface area contributed by atoms with Crippen molar-refractivity contribution in [1.29, 1.82) is 0 Å². The molecule has 0 aliphatic carbocycles. The highest BCUT2D eigenvalue weighted by Crippen LogP contribution is 2.22. The third-order valence-corrected chi connectivity index (χ3v) is 5.42. The lowest BCUT2D eigenvalue weighted by molar-refractivity contribution is 0.483. The van der Waals surface area contributed by atoms with Crippen molar-refractivity contribution in [3.63, 3.8) is 0 Å². The van der Waals surface area contributed by atoms with Crippen LogP contribution in [-0.4, -0.2) is 61.7 Å². The van der Waals surface area contributed by atoms with Gasteiger partial charge in [0.25, 0.3) is 0 Å². The zero-order chi connectivity index (χ0) is 17.2. The minimum Gasteiger partial charge on any atom is -0.361 e. The highest BCUT2D eigenvalue weighted by molar-refractivity contribution is 6.06. The summed E-state index contributed by atoms with van der Waals surface area (Å²) in [6.45, 7) is 6.34. The summed E-state index contributed by atoms with van der Waals surface area (Å²) >= 11 is 0. The van der Waals surface area contributed by atoms with Crippen LogP contribution in [0.2, 0.25) is 0 Å². The Labute approximate surface area is 149 Å². The molecular formula is C20H38N4. The van der Waals surface area contributed by atoms with Crippen molar-refractivity contribution in [2.24, 2.45) is 15.9 Å². The Bertz CT molecular complexity index is 388. The fourth-order valence-corrected chi connectivity index (χ4v) is 3.88. The topological polar surface area (TPSA) is 31.2 Å². The molecule has 24 heavy (non-hydrogen) atoms. The average molecular weight is 335 g/mol. The molecule has 0 aromatic carbocycles. The third-order valence-electron chi connectivity index (χ3n) is 5.42. The molecule has 2 heterocycles. The Hall–Kier alpha value is -1.06. The number of rotatable bonds is 12. The predicted octanol–water partition coefficient (Wildman–Crippen LogP) is 4.21. The predicted molar refractivity (Wildman–Crippen MR) is 105 cm³/mol. The van der Waals surface area contributed by atoms with Crippen molar-refractivity contribution in [3.05, 3.63) is 0 Å². The summed E-state index contributed by atoms with van der Waals surface area (Å²) in [5, 5.41) is 0. The quantitative estimate of drug-likeness (QED) is 0.501. The number of amidine groups is 2. The van der Waals surface area contributed by atoms with E-state index in [4.69, 9.17) is 9.98 Å². The van der Waals surface area contributed by atoms with Gasteiger partial charge in [-0.2, -0.15) is 0 Å². The zero-order valence-corrected chi connectivity index (χ0v) is 16.3. The van der Waals surface area contributed by atoms with Crippen LogP contribution in [0, 0.1) is 5.92 Å². The van der Waals surface area contributed by atoms with E-state index >= 15 is 0 Å². The molecule has 0 fully saturated rings. The van der Waals surface area contributed by atoms with E-state index in [2.05, 4.69) is 30.8 Å². The Kier molecular flexibility index (Phi) is 8.62. The lowest BCUT2D eigenvalue weighted by Crippen LogP contribution is -2.39. The molecule has 4 nitrogen and oxygen atoms in total. The lowest BCUT2D eigenvalue weighted by atomic mass is 9.96. The molecule has 2 rings (SSSR count). The zero-order valence-electron chi connectivity index (χ0n) is 16.3. The van der Waals surface area contributed by atoms with Crippen LogP contribution in [0.3, 0.4) is 0 Å². The summed E-state index contributed by atoms with van der Waals surface area (Å²) in [5.74, 6) is 2.98. The van der Waals surface area contributed by atoms with Gasteiger partial charge < -0.3 is 9.80 Å². The summed E-state index contributed by atoms with van der Waals surface area (Å²) in [7, 11) is 4.37. The molecule has 0 saturated heterocycles. The molecule has 138 valence electrons. The van der Waals surface area contributed by atoms with E-state index in [0.717, 1.165) is 26.2 Å². The van der Waals surface area contributed by atoms with Gasteiger partial charge >= 0.3 is 0 Å². The molecule has 0 unspecified atom stereocenters. The first-order valence-electron chi connectivity index (χ1n) is 10.2. The third kappa shape index (κ3) is 5.78. The van der Waals surface area contributed by atoms with Crippen molar-refractivity contribution < 1.29 is 0 Å². The van der Waals surface area contributed by atoms with E-state index < -0.39 is 0 Å². The fourth-order valence-electron chi connectivity index (χ4n) is 3.88. The molecule has 0 spiro atoms. The Balaban J connectivity index is 1.70. The van der Waals surface area contributed by atoms with Crippen LogP contribution in [0.15, 0.2) is 9.98 Å². The van der Waals surface area contributed by atoms with Crippen molar-refractivity contribution in [3.8, 4) is 0 Å². The normalized spacial score (nSPS) is 17.8. The van der Waals surface area contributed by atoms with Crippen molar-refractivity contribution in [2.75, 3.05) is 40.3 Å². The first kappa shape index (κ1) is 19.3. The SMILES string of the molecule is CCCCCCCCCCCC(C1=NCCN1C)C1=NCCN1C. The highest BCUT2D eigenvalue weighted by atomic mass is 15.3.